The summed E-state index contributed by atoms with van der Waals surface area (Å²) < 4.78 is 0. The predicted octanol–water partition coefficient (Wildman–Crippen LogP) is 2.93. The number of carbonyl (C=O) groups is 1. The van der Waals surface area contributed by atoms with Gasteiger partial charge in [-0.25, -0.2) is 0 Å². The Morgan fingerprint density at radius 2 is 1.83 bits per heavy atom. The molecule has 1 aromatic rings. The van der Waals surface area contributed by atoms with E-state index in [0.29, 0.717) is 25.2 Å². The zero-order chi connectivity index (χ0) is 13.2. The zero-order valence-electron chi connectivity index (χ0n) is 11.5. The lowest BCUT2D eigenvalue weighted by Crippen LogP contribution is -2.39. The molecule has 2 nitrogen and oxygen atoms in total. The lowest BCUT2D eigenvalue weighted by molar-refractivity contribution is -0.122. The largest absolute Gasteiger partial charge is 0.330 e. The van der Waals surface area contributed by atoms with E-state index >= 15 is 0 Å². The van der Waals surface area contributed by atoms with Gasteiger partial charge in [0, 0.05) is 12.8 Å². The summed E-state index contributed by atoms with van der Waals surface area (Å²) in [6.07, 6.45) is 4.71. The Kier molecular flexibility index (Phi) is 3.86. The van der Waals surface area contributed by atoms with Crippen LogP contribution in [0.4, 0.5) is 0 Å². The number of carbonyl (C=O) groups excluding carboxylic acids is 1. The number of hydrogen-bond acceptors (Lipinski definition) is 2. The average Bonchev–Trinajstić information content (AvgIpc) is 2.21. The molecule has 1 aromatic carbocycles. The van der Waals surface area contributed by atoms with E-state index in [9.17, 15) is 4.79 Å². The van der Waals surface area contributed by atoms with Crippen LogP contribution in [0, 0.1) is 19.3 Å². The second-order valence-corrected chi connectivity index (χ2v) is 5.95. The molecule has 18 heavy (non-hydrogen) atoms. The summed E-state index contributed by atoms with van der Waals surface area (Å²) in [6, 6.07) is 6.36. The summed E-state index contributed by atoms with van der Waals surface area (Å²) in [4.78, 5) is 12.1. The van der Waals surface area contributed by atoms with Gasteiger partial charge in [-0.2, -0.15) is 0 Å². The van der Waals surface area contributed by atoms with Crippen molar-refractivity contribution >= 4 is 5.78 Å². The lowest BCUT2D eigenvalue weighted by atomic mass is 9.65. The summed E-state index contributed by atoms with van der Waals surface area (Å²) in [6.45, 7) is 4.81. The first-order valence-corrected chi connectivity index (χ1v) is 6.82. The minimum Gasteiger partial charge on any atom is -0.330 e. The number of hydrogen-bond donors (Lipinski definition) is 1. The molecule has 2 rings (SSSR count). The van der Waals surface area contributed by atoms with Crippen molar-refractivity contribution in [2.45, 2.75) is 46.0 Å². The smallest absolute Gasteiger partial charge is 0.137 e. The molecule has 0 aliphatic heterocycles. The molecule has 2 heteroatoms. The van der Waals surface area contributed by atoms with Crippen molar-refractivity contribution in [3.05, 3.63) is 34.9 Å². The van der Waals surface area contributed by atoms with Gasteiger partial charge in [-0.15, -0.1) is 0 Å². The Bertz CT molecular complexity index is 421. The van der Waals surface area contributed by atoms with Gasteiger partial charge in [-0.1, -0.05) is 35.7 Å². The number of nitrogens with two attached hydrogens (primary N) is 1. The molecule has 1 saturated carbocycles. The fraction of sp³-hybridized carbons (Fsp3) is 0.562. The summed E-state index contributed by atoms with van der Waals surface area (Å²) in [7, 11) is 0. The van der Waals surface area contributed by atoms with E-state index in [1.807, 2.05) is 0 Å². The topological polar surface area (TPSA) is 43.1 Å². The van der Waals surface area contributed by atoms with Crippen LogP contribution in [0.15, 0.2) is 18.2 Å². The predicted molar refractivity (Wildman–Crippen MR) is 74.6 cm³/mol. The van der Waals surface area contributed by atoms with E-state index in [0.717, 1.165) is 18.4 Å². The van der Waals surface area contributed by atoms with Gasteiger partial charge in [-0.3, -0.25) is 4.79 Å². The molecule has 2 N–H and O–H groups in total. The third kappa shape index (κ3) is 2.99. The standard InChI is InChI=1S/C16H23NO/c1-12-6-13(2)8-14(7-12)9-15(18)10-16(11-17)4-3-5-16/h6-8H,3-5,9-11,17H2,1-2H3. The Hall–Kier alpha value is -1.15. The highest BCUT2D eigenvalue weighted by atomic mass is 16.1. The van der Waals surface area contributed by atoms with Crippen LogP contribution in [-0.2, 0) is 11.2 Å². The molecule has 0 bridgehead atoms. The first-order valence-electron chi connectivity index (χ1n) is 6.82. The highest BCUT2D eigenvalue weighted by Gasteiger charge is 2.37. The Morgan fingerprint density at radius 3 is 2.28 bits per heavy atom. The highest BCUT2D eigenvalue weighted by Crippen LogP contribution is 2.43. The van der Waals surface area contributed by atoms with E-state index in [-0.39, 0.29) is 5.41 Å². The van der Waals surface area contributed by atoms with Crippen molar-refractivity contribution in [3.8, 4) is 0 Å². The van der Waals surface area contributed by atoms with Crippen LogP contribution < -0.4 is 5.73 Å². The van der Waals surface area contributed by atoms with Crippen LogP contribution in [0.3, 0.4) is 0 Å². The van der Waals surface area contributed by atoms with Gasteiger partial charge in [0.1, 0.15) is 5.78 Å². The molecule has 0 spiro atoms. The van der Waals surface area contributed by atoms with Crippen LogP contribution in [0.25, 0.3) is 0 Å². The fourth-order valence-electron chi connectivity index (χ4n) is 3.01. The van der Waals surface area contributed by atoms with Crippen molar-refractivity contribution in [2.24, 2.45) is 11.1 Å². The summed E-state index contributed by atoms with van der Waals surface area (Å²) in [5, 5.41) is 0. The molecule has 0 aromatic heterocycles. The quantitative estimate of drug-likeness (QED) is 0.866. The van der Waals surface area contributed by atoms with Gasteiger partial charge in [0.05, 0.1) is 0 Å². The first-order chi connectivity index (χ1) is 8.53. The van der Waals surface area contributed by atoms with Gasteiger partial charge < -0.3 is 5.73 Å². The molecule has 0 heterocycles. The minimum atomic E-state index is 0.135. The molecule has 0 amide bonds. The molecule has 98 valence electrons. The van der Waals surface area contributed by atoms with Crippen molar-refractivity contribution in [1.82, 2.24) is 0 Å². The number of rotatable bonds is 5. The molecule has 0 atom stereocenters. The SMILES string of the molecule is Cc1cc(C)cc(CC(=O)CC2(CN)CCC2)c1. The molecule has 1 aliphatic carbocycles. The van der Waals surface area contributed by atoms with Crippen molar-refractivity contribution in [2.75, 3.05) is 6.54 Å². The first kappa shape index (κ1) is 13.3. The summed E-state index contributed by atoms with van der Waals surface area (Å²) in [5.74, 6) is 0.338. The molecule has 1 fully saturated rings. The maximum atomic E-state index is 12.1. The molecule has 0 radical (unpaired) electrons. The molecule has 1 aliphatic rings. The van der Waals surface area contributed by atoms with E-state index < -0.39 is 0 Å². The lowest BCUT2D eigenvalue weighted by Gasteiger charge is -2.40. The van der Waals surface area contributed by atoms with Crippen molar-refractivity contribution < 1.29 is 4.79 Å². The fourth-order valence-corrected chi connectivity index (χ4v) is 3.01. The van der Waals surface area contributed by atoms with E-state index in [4.69, 9.17) is 5.73 Å². The van der Waals surface area contributed by atoms with Crippen LogP contribution in [0.5, 0.6) is 0 Å². The number of Topliss-reactive ketones (excluding diaryl/α,β-unsaturated/α-hetero) is 1. The second-order valence-electron chi connectivity index (χ2n) is 5.95. The van der Waals surface area contributed by atoms with Crippen LogP contribution in [0.2, 0.25) is 0 Å². The summed E-state index contributed by atoms with van der Waals surface area (Å²) >= 11 is 0. The number of ketones is 1. The van der Waals surface area contributed by atoms with Crippen molar-refractivity contribution in [3.63, 3.8) is 0 Å². The number of aryl methyl sites for hydroxylation is 2. The monoisotopic (exact) mass is 245 g/mol. The Labute approximate surface area is 110 Å². The Morgan fingerprint density at radius 1 is 1.22 bits per heavy atom. The van der Waals surface area contributed by atoms with Crippen LogP contribution in [-0.4, -0.2) is 12.3 Å². The van der Waals surface area contributed by atoms with Crippen LogP contribution >= 0.6 is 0 Å². The molecular weight excluding hydrogens is 222 g/mol. The normalized spacial score (nSPS) is 17.3. The van der Waals surface area contributed by atoms with Crippen LogP contribution in [0.1, 0.15) is 42.4 Å². The maximum absolute atomic E-state index is 12.1. The number of benzene rings is 1. The Balaban J connectivity index is 1.98. The zero-order valence-corrected chi connectivity index (χ0v) is 11.5. The second kappa shape index (κ2) is 5.23. The third-order valence-corrected chi connectivity index (χ3v) is 4.10. The third-order valence-electron chi connectivity index (χ3n) is 4.10. The van der Waals surface area contributed by atoms with Gasteiger partial charge in [-0.05, 0) is 44.2 Å². The maximum Gasteiger partial charge on any atom is 0.137 e. The molecule has 0 unspecified atom stereocenters. The highest BCUT2D eigenvalue weighted by molar-refractivity contribution is 5.81. The van der Waals surface area contributed by atoms with Gasteiger partial charge in [0.2, 0.25) is 0 Å². The van der Waals surface area contributed by atoms with E-state index in [1.54, 1.807) is 0 Å². The van der Waals surface area contributed by atoms with E-state index in [1.165, 1.54) is 17.5 Å². The van der Waals surface area contributed by atoms with Gasteiger partial charge in [0.25, 0.3) is 0 Å². The van der Waals surface area contributed by atoms with E-state index in [2.05, 4.69) is 32.0 Å². The summed E-state index contributed by atoms with van der Waals surface area (Å²) in [5.41, 5.74) is 9.55. The average molecular weight is 245 g/mol. The molecule has 0 saturated heterocycles. The molecular formula is C16H23NO. The van der Waals surface area contributed by atoms with Gasteiger partial charge >= 0.3 is 0 Å². The minimum absolute atomic E-state index is 0.135. The van der Waals surface area contributed by atoms with Gasteiger partial charge in [0.15, 0.2) is 0 Å². The van der Waals surface area contributed by atoms with Crippen molar-refractivity contribution in [1.29, 1.82) is 0 Å².